The number of likely N-dealkylation sites (tertiary alicyclic amines) is 1. The molecule has 1 heterocycles. The first-order valence-corrected chi connectivity index (χ1v) is 12.3. The first-order chi connectivity index (χ1) is 15.4. The molecule has 4 atom stereocenters. The van der Waals surface area contributed by atoms with Gasteiger partial charge in [0.15, 0.2) is 0 Å². The second-order valence-corrected chi connectivity index (χ2v) is 10.4. The number of hydrogen-bond donors (Lipinski definition) is 1. The molecule has 4 rings (SSSR count). The molecule has 3 nitrogen and oxygen atoms in total. The van der Waals surface area contributed by atoms with Gasteiger partial charge in [-0.3, -0.25) is 4.79 Å². The van der Waals surface area contributed by atoms with Gasteiger partial charge in [0.05, 0.1) is 0 Å². The van der Waals surface area contributed by atoms with Crippen molar-refractivity contribution >= 4 is 23.6 Å². The number of piperidine rings is 1. The van der Waals surface area contributed by atoms with E-state index in [2.05, 4.69) is 66.5 Å². The fourth-order valence-electron chi connectivity index (χ4n) is 5.38. The van der Waals surface area contributed by atoms with Crippen molar-refractivity contribution in [2.75, 3.05) is 13.1 Å². The maximum Gasteiger partial charge on any atom is 0.226 e. The smallest absolute Gasteiger partial charge is 0.226 e. The van der Waals surface area contributed by atoms with Crippen molar-refractivity contribution in [1.29, 1.82) is 0 Å². The Morgan fingerprint density at radius 3 is 2.75 bits per heavy atom. The summed E-state index contributed by atoms with van der Waals surface area (Å²) in [6, 6.07) is 18.8. The van der Waals surface area contributed by atoms with Gasteiger partial charge in [-0.1, -0.05) is 80.1 Å². The van der Waals surface area contributed by atoms with Gasteiger partial charge in [-0.25, -0.2) is 0 Å². The molecule has 2 aromatic carbocycles. The largest absolute Gasteiger partial charge is 0.352 e. The van der Waals surface area contributed by atoms with E-state index >= 15 is 0 Å². The number of carbonyl (C=O) groups excluding carboxylic acids is 1. The molecule has 170 valence electrons. The Bertz CT molecular complexity index is 943. The highest BCUT2D eigenvalue weighted by molar-refractivity contribution is 6.30. The van der Waals surface area contributed by atoms with E-state index in [0.29, 0.717) is 29.4 Å². The van der Waals surface area contributed by atoms with Crippen molar-refractivity contribution in [2.45, 2.75) is 52.1 Å². The second-order valence-electron chi connectivity index (χ2n) is 9.96. The van der Waals surface area contributed by atoms with Crippen LogP contribution >= 0.6 is 11.6 Å². The van der Waals surface area contributed by atoms with E-state index in [4.69, 9.17) is 11.6 Å². The lowest BCUT2D eigenvalue weighted by molar-refractivity contribution is -0.130. The fraction of sp³-hybridized carbons (Fsp3) is 0.464. The minimum Gasteiger partial charge on any atom is -0.352 e. The third-order valence-corrected chi connectivity index (χ3v) is 7.70. The third-order valence-electron chi connectivity index (χ3n) is 7.46. The monoisotopic (exact) mass is 450 g/mol. The number of nitrogens with zero attached hydrogens (tertiary/aromatic N) is 1. The van der Waals surface area contributed by atoms with E-state index in [1.54, 1.807) is 0 Å². The molecule has 1 saturated carbocycles. The zero-order chi connectivity index (χ0) is 22.6. The predicted octanol–water partition coefficient (Wildman–Crippen LogP) is 6.19. The Hall–Kier alpha value is -2.10. The summed E-state index contributed by atoms with van der Waals surface area (Å²) in [5, 5.41) is 3.86. The molecule has 2 unspecified atom stereocenters. The number of benzene rings is 2. The number of halogens is 1. The average Bonchev–Trinajstić information content (AvgIpc) is 3.21. The van der Waals surface area contributed by atoms with Crippen LogP contribution < -0.4 is 5.32 Å². The molecule has 0 aromatic heterocycles. The number of nitrogens with one attached hydrogen (secondary N) is 1. The standard InChI is InChI=1S/C28H35ClN2O/c1-21-20-31(16-14-24(21)12-11-22-7-4-3-5-8-22)26-13-15-28(2,18-26)27(32)30-19-23-9-6-10-25(29)17-23/h3-12,17,21,24,26H,13-16,18-20H2,1-2H3,(H,30,32)/b12-11-/t21-,24+,26?,28?/m0/s1. The van der Waals surface area contributed by atoms with Gasteiger partial charge in [0.1, 0.15) is 0 Å². The molecule has 2 aliphatic rings. The maximum atomic E-state index is 13.0. The van der Waals surface area contributed by atoms with Gasteiger partial charge in [0.2, 0.25) is 5.91 Å². The Balaban J connectivity index is 1.28. The summed E-state index contributed by atoms with van der Waals surface area (Å²) in [5.74, 6) is 1.43. The maximum absolute atomic E-state index is 13.0. The van der Waals surface area contributed by atoms with Crippen molar-refractivity contribution in [3.8, 4) is 0 Å². The van der Waals surface area contributed by atoms with E-state index in [0.717, 1.165) is 37.9 Å². The predicted molar refractivity (Wildman–Crippen MR) is 133 cm³/mol. The summed E-state index contributed by atoms with van der Waals surface area (Å²) in [6.07, 6.45) is 8.89. The molecule has 0 spiro atoms. The number of carbonyl (C=O) groups is 1. The van der Waals surface area contributed by atoms with E-state index in [-0.39, 0.29) is 11.3 Å². The normalized spacial score (nSPS) is 28.8. The third kappa shape index (κ3) is 5.63. The second kappa shape index (κ2) is 10.2. The Morgan fingerprint density at radius 2 is 2.00 bits per heavy atom. The highest BCUT2D eigenvalue weighted by Crippen LogP contribution is 2.42. The summed E-state index contributed by atoms with van der Waals surface area (Å²) in [4.78, 5) is 15.7. The molecule has 0 radical (unpaired) electrons. The van der Waals surface area contributed by atoms with Crippen LogP contribution in [0.5, 0.6) is 0 Å². The van der Waals surface area contributed by atoms with Crippen LogP contribution in [0.3, 0.4) is 0 Å². The number of allylic oxidation sites excluding steroid dienone is 1. The summed E-state index contributed by atoms with van der Waals surface area (Å²) in [7, 11) is 0. The van der Waals surface area contributed by atoms with Crippen molar-refractivity contribution < 1.29 is 4.79 Å². The van der Waals surface area contributed by atoms with Crippen LogP contribution in [0.4, 0.5) is 0 Å². The van der Waals surface area contributed by atoms with Crippen molar-refractivity contribution in [1.82, 2.24) is 10.2 Å². The number of rotatable bonds is 6. The molecule has 2 fully saturated rings. The molecule has 32 heavy (non-hydrogen) atoms. The minimum absolute atomic E-state index is 0.175. The van der Waals surface area contributed by atoms with Crippen molar-refractivity contribution in [3.63, 3.8) is 0 Å². The highest BCUT2D eigenvalue weighted by Gasteiger charge is 2.43. The van der Waals surface area contributed by atoms with Gasteiger partial charge < -0.3 is 10.2 Å². The lowest BCUT2D eigenvalue weighted by Gasteiger charge is -2.39. The van der Waals surface area contributed by atoms with Crippen LogP contribution in [0.1, 0.15) is 50.7 Å². The lowest BCUT2D eigenvalue weighted by Crippen LogP contribution is -2.45. The van der Waals surface area contributed by atoms with Gasteiger partial charge in [-0.15, -0.1) is 0 Å². The zero-order valence-electron chi connectivity index (χ0n) is 19.3. The summed E-state index contributed by atoms with van der Waals surface area (Å²) in [6.45, 7) is 7.29. The van der Waals surface area contributed by atoms with E-state index < -0.39 is 0 Å². The van der Waals surface area contributed by atoms with Crippen LogP contribution in [0.15, 0.2) is 60.7 Å². The van der Waals surface area contributed by atoms with Gasteiger partial charge in [-0.05, 0) is 67.3 Å². The van der Waals surface area contributed by atoms with Crippen LogP contribution in [0, 0.1) is 17.3 Å². The first-order valence-electron chi connectivity index (χ1n) is 11.9. The Labute approximate surface area is 197 Å². The minimum atomic E-state index is -0.281. The molecule has 1 amide bonds. The summed E-state index contributed by atoms with van der Waals surface area (Å²) in [5.41, 5.74) is 2.04. The van der Waals surface area contributed by atoms with Crippen LogP contribution in [0.25, 0.3) is 6.08 Å². The van der Waals surface area contributed by atoms with Crippen molar-refractivity contribution in [3.05, 3.63) is 76.8 Å². The topological polar surface area (TPSA) is 32.3 Å². The van der Waals surface area contributed by atoms with Crippen LogP contribution in [-0.2, 0) is 11.3 Å². The number of amides is 1. The first kappa shape index (κ1) is 23.1. The van der Waals surface area contributed by atoms with Crippen LogP contribution in [-0.4, -0.2) is 29.9 Å². The van der Waals surface area contributed by atoms with Gasteiger partial charge in [0, 0.05) is 29.6 Å². The van der Waals surface area contributed by atoms with E-state index in [1.165, 1.54) is 12.0 Å². The molecule has 1 aliphatic heterocycles. The molecule has 0 bridgehead atoms. The van der Waals surface area contributed by atoms with Gasteiger partial charge in [-0.2, -0.15) is 0 Å². The molecule has 2 aromatic rings. The lowest BCUT2D eigenvalue weighted by atomic mass is 9.84. The molecule has 1 aliphatic carbocycles. The SMILES string of the molecule is C[C@H]1CN(C2CCC(C)(C(=O)NCc3cccc(Cl)c3)C2)CC[C@H]1/C=C\c1ccccc1. The fourth-order valence-corrected chi connectivity index (χ4v) is 5.60. The summed E-state index contributed by atoms with van der Waals surface area (Å²) >= 11 is 6.07. The van der Waals surface area contributed by atoms with Gasteiger partial charge in [0.25, 0.3) is 0 Å². The van der Waals surface area contributed by atoms with Crippen molar-refractivity contribution in [2.24, 2.45) is 17.3 Å². The summed E-state index contributed by atoms with van der Waals surface area (Å²) < 4.78 is 0. The average molecular weight is 451 g/mol. The van der Waals surface area contributed by atoms with Crippen LogP contribution in [0.2, 0.25) is 5.02 Å². The quantitative estimate of drug-likeness (QED) is 0.569. The van der Waals surface area contributed by atoms with Gasteiger partial charge >= 0.3 is 0 Å². The molecule has 4 heteroatoms. The molecule has 1 N–H and O–H groups in total. The molecular formula is C28H35ClN2O. The van der Waals surface area contributed by atoms with E-state index in [1.807, 2.05) is 24.3 Å². The highest BCUT2D eigenvalue weighted by atomic mass is 35.5. The Morgan fingerprint density at radius 1 is 1.19 bits per heavy atom. The Kier molecular flexibility index (Phi) is 7.37. The van der Waals surface area contributed by atoms with E-state index in [9.17, 15) is 4.79 Å². The molecule has 1 saturated heterocycles. The number of hydrogen-bond acceptors (Lipinski definition) is 2. The zero-order valence-corrected chi connectivity index (χ0v) is 20.0. The molecular weight excluding hydrogens is 416 g/mol.